The van der Waals surface area contributed by atoms with E-state index in [1.807, 2.05) is 12.1 Å². The third-order valence-electron chi connectivity index (χ3n) is 4.61. The molecular formula is C21H22F2N4O4S. The van der Waals surface area contributed by atoms with E-state index in [0.717, 1.165) is 23.8 Å². The number of fused-ring (bicyclic) bond motifs is 1. The van der Waals surface area contributed by atoms with E-state index in [0.29, 0.717) is 18.0 Å². The van der Waals surface area contributed by atoms with Crippen molar-refractivity contribution >= 4 is 29.1 Å². The van der Waals surface area contributed by atoms with Gasteiger partial charge in [0.15, 0.2) is 16.6 Å². The number of hydrogen-bond donors (Lipinski definition) is 4. The molecule has 1 atom stereocenters. The van der Waals surface area contributed by atoms with E-state index in [-0.39, 0.29) is 17.8 Å². The highest BCUT2D eigenvalue weighted by molar-refractivity contribution is 7.80. The minimum absolute atomic E-state index is 0.130. The van der Waals surface area contributed by atoms with Crippen LogP contribution in [0.2, 0.25) is 0 Å². The summed E-state index contributed by atoms with van der Waals surface area (Å²) in [5.74, 6) is -2.76. The molecule has 3 rings (SSSR count). The van der Waals surface area contributed by atoms with Gasteiger partial charge in [-0.15, -0.1) is 0 Å². The summed E-state index contributed by atoms with van der Waals surface area (Å²) in [6.07, 6.45) is 0. The Morgan fingerprint density at radius 2 is 1.75 bits per heavy atom. The van der Waals surface area contributed by atoms with Crippen molar-refractivity contribution in [3.63, 3.8) is 0 Å². The number of benzene rings is 2. The number of carbonyl (C=O) groups excluding carboxylic acids is 2. The SMILES string of the molecule is CC(C)C(NC(=O)c1c(F)cccc1F)C(=O)NNC(=S)NCc1ccc2c(c1)OCO2. The topological polar surface area (TPSA) is 101 Å². The Kier molecular flexibility index (Phi) is 7.41. The van der Waals surface area contributed by atoms with Crippen molar-refractivity contribution < 1.29 is 27.8 Å². The maximum Gasteiger partial charge on any atom is 0.261 e. The summed E-state index contributed by atoms with van der Waals surface area (Å²) < 4.78 is 38.3. The van der Waals surface area contributed by atoms with Crippen LogP contribution in [-0.2, 0) is 11.3 Å². The first kappa shape index (κ1) is 23.2. The van der Waals surface area contributed by atoms with Crippen LogP contribution in [0.25, 0.3) is 0 Å². The molecule has 1 aliphatic rings. The van der Waals surface area contributed by atoms with Crippen LogP contribution in [0.5, 0.6) is 11.5 Å². The molecule has 0 fully saturated rings. The molecule has 1 aliphatic heterocycles. The van der Waals surface area contributed by atoms with Gasteiger partial charge in [-0.25, -0.2) is 8.78 Å². The monoisotopic (exact) mass is 464 g/mol. The molecule has 1 unspecified atom stereocenters. The lowest BCUT2D eigenvalue weighted by atomic mass is 10.0. The van der Waals surface area contributed by atoms with Crippen LogP contribution in [0.4, 0.5) is 8.78 Å². The van der Waals surface area contributed by atoms with Gasteiger partial charge in [0.25, 0.3) is 11.8 Å². The van der Waals surface area contributed by atoms with Crippen molar-refractivity contribution in [2.75, 3.05) is 6.79 Å². The molecule has 0 saturated heterocycles. The molecular weight excluding hydrogens is 442 g/mol. The van der Waals surface area contributed by atoms with Crippen LogP contribution in [-0.4, -0.2) is 29.8 Å². The Morgan fingerprint density at radius 1 is 1.06 bits per heavy atom. The molecule has 32 heavy (non-hydrogen) atoms. The average Bonchev–Trinajstić information content (AvgIpc) is 3.22. The molecule has 2 aromatic rings. The molecule has 170 valence electrons. The molecule has 2 aromatic carbocycles. The Bertz CT molecular complexity index is 1010. The van der Waals surface area contributed by atoms with Gasteiger partial charge in [-0.3, -0.25) is 20.4 Å². The van der Waals surface area contributed by atoms with Gasteiger partial charge in [0.2, 0.25) is 6.79 Å². The van der Waals surface area contributed by atoms with Crippen molar-refractivity contribution in [3.8, 4) is 11.5 Å². The van der Waals surface area contributed by atoms with Crippen molar-refractivity contribution in [1.29, 1.82) is 0 Å². The molecule has 4 N–H and O–H groups in total. The zero-order valence-corrected chi connectivity index (χ0v) is 18.1. The van der Waals surface area contributed by atoms with Crippen LogP contribution >= 0.6 is 12.2 Å². The number of hydrogen-bond acceptors (Lipinski definition) is 5. The molecule has 8 nitrogen and oxygen atoms in total. The molecule has 2 amide bonds. The largest absolute Gasteiger partial charge is 0.454 e. The summed E-state index contributed by atoms with van der Waals surface area (Å²) in [6.45, 7) is 3.89. The molecule has 0 aromatic heterocycles. The third kappa shape index (κ3) is 5.61. The Hall–Kier alpha value is -3.47. The summed E-state index contributed by atoms with van der Waals surface area (Å²) in [4.78, 5) is 24.9. The lowest BCUT2D eigenvalue weighted by Gasteiger charge is -2.22. The lowest BCUT2D eigenvalue weighted by Crippen LogP contribution is -2.55. The number of ether oxygens (including phenoxy) is 2. The zero-order chi connectivity index (χ0) is 23.3. The van der Waals surface area contributed by atoms with Crippen LogP contribution in [0.3, 0.4) is 0 Å². The van der Waals surface area contributed by atoms with Gasteiger partial charge >= 0.3 is 0 Å². The number of carbonyl (C=O) groups is 2. The van der Waals surface area contributed by atoms with E-state index in [1.165, 1.54) is 0 Å². The summed E-state index contributed by atoms with van der Waals surface area (Å²) in [5.41, 5.74) is 5.06. The van der Waals surface area contributed by atoms with Gasteiger partial charge in [0.05, 0.1) is 0 Å². The summed E-state index contributed by atoms with van der Waals surface area (Å²) in [6, 6.07) is 7.45. The summed E-state index contributed by atoms with van der Waals surface area (Å²) >= 11 is 5.14. The van der Waals surface area contributed by atoms with Crippen molar-refractivity contribution in [1.82, 2.24) is 21.5 Å². The maximum absolute atomic E-state index is 13.9. The first-order chi connectivity index (χ1) is 15.3. The van der Waals surface area contributed by atoms with Gasteiger partial charge < -0.3 is 20.1 Å². The number of halogens is 2. The van der Waals surface area contributed by atoms with E-state index in [9.17, 15) is 18.4 Å². The minimum Gasteiger partial charge on any atom is -0.454 e. The quantitative estimate of drug-likeness (QED) is 0.384. The van der Waals surface area contributed by atoms with E-state index < -0.39 is 35.1 Å². The van der Waals surface area contributed by atoms with Gasteiger partial charge in [-0.1, -0.05) is 26.0 Å². The van der Waals surface area contributed by atoms with Gasteiger partial charge in [-0.2, -0.15) is 0 Å². The van der Waals surface area contributed by atoms with Gasteiger partial charge in [0.1, 0.15) is 23.2 Å². The summed E-state index contributed by atoms with van der Waals surface area (Å²) in [7, 11) is 0. The fourth-order valence-electron chi connectivity index (χ4n) is 2.94. The Balaban J connectivity index is 1.52. The van der Waals surface area contributed by atoms with Gasteiger partial charge in [0, 0.05) is 6.54 Å². The molecule has 0 radical (unpaired) electrons. The van der Waals surface area contributed by atoms with Crippen LogP contribution in [0.15, 0.2) is 36.4 Å². The highest BCUT2D eigenvalue weighted by Crippen LogP contribution is 2.32. The smallest absolute Gasteiger partial charge is 0.261 e. The molecule has 0 bridgehead atoms. The van der Waals surface area contributed by atoms with Crippen LogP contribution in [0, 0.1) is 17.6 Å². The standard InChI is InChI=1S/C21H22F2N4O4S/c1-11(2)18(25-19(28)17-13(22)4-3-5-14(17)23)20(29)26-27-21(32)24-9-12-6-7-15-16(8-12)31-10-30-15/h3-8,11,18H,9-10H2,1-2H3,(H,25,28)(H,26,29)(H2,24,27,32). The molecule has 0 saturated carbocycles. The van der Waals surface area contributed by atoms with Crippen molar-refractivity contribution in [2.24, 2.45) is 5.92 Å². The second-order valence-electron chi connectivity index (χ2n) is 7.28. The van der Waals surface area contributed by atoms with E-state index in [1.54, 1.807) is 19.9 Å². The predicted molar refractivity (Wildman–Crippen MR) is 116 cm³/mol. The molecule has 0 aliphatic carbocycles. The number of nitrogens with one attached hydrogen (secondary N) is 4. The normalized spacial score (nSPS) is 12.8. The van der Waals surface area contributed by atoms with Crippen molar-refractivity contribution in [3.05, 3.63) is 59.2 Å². The number of amides is 2. The second kappa shape index (κ2) is 10.2. The fraction of sp³-hybridized carbons (Fsp3) is 0.286. The van der Waals surface area contributed by atoms with Crippen molar-refractivity contribution in [2.45, 2.75) is 26.4 Å². The number of hydrazine groups is 1. The minimum atomic E-state index is -1.06. The van der Waals surface area contributed by atoms with E-state index in [2.05, 4.69) is 21.5 Å². The number of thiocarbonyl (C=S) groups is 1. The van der Waals surface area contributed by atoms with Crippen LogP contribution < -0.4 is 31.0 Å². The highest BCUT2D eigenvalue weighted by atomic mass is 32.1. The third-order valence-corrected chi connectivity index (χ3v) is 4.86. The van der Waals surface area contributed by atoms with E-state index >= 15 is 0 Å². The number of rotatable bonds is 6. The highest BCUT2D eigenvalue weighted by Gasteiger charge is 2.27. The molecule has 1 heterocycles. The first-order valence-electron chi connectivity index (χ1n) is 9.73. The Labute approximate surface area is 188 Å². The van der Waals surface area contributed by atoms with Crippen LogP contribution in [0.1, 0.15) is 29.8 Å². The zero-order valence-electron chi connectivity index (χ0n) is 17.3. The van der Waals surface area contributed by atoms with Gasteiger partial charge in [-0.05, 0) is 48.0 Å². The Morgan fingerprint density at radius 3 is 2.44 bits per heavy atom. The molecule has 11 heteroatoms. The van der Waals surface area contributed by atoms with E-state index in [4.69, 9.17) is 21.7 Å². The maximum atomic E-state index is 13.9. The fourth-order valence-corrected chi connectivity index (χ4v) is 3.06. The predicted octanol–water partition coefficient (Wildman–Crippen LogP) is 2.14. The first-order valence-corrected chi connectivity index (χ1v) is 10.1. The summed E-state index contributed by atoms with van der Waals surface area (Å²) in [5, 5.41) is 5.41. The lowest BCUT2D eigenvalue weighted by molar-refractivity contribution is -0.124. The second-order valence-corrected chi connectivity index (χ2v) is 7.68. The molecule has 0 spiro atoms. The average molecular weight is 464 g/mol.